The highest BCUT2D eigenvalue weighted by Gasteiger charge is 2.39. The van der Waals surface area contributed by atoms with Crippen LogP contribution in [0.25, 0.3) is 0 Å². The van der Waals surface area contributed by atoms with E-state index in [1.54, 1.807) is 30.3 Å². The number of hydrogen-bond donors (Lipinski definition) is 2. The molecule has 0 bridgehead atoms. The van der Waals surface area contributed by atoms with Crippen LogP contribution >= 0.6 is 0 Å². The Morgan fingerprint density at radius 2 is 1.50 bits per heavy atom. The van der Waals surface area contributed by atoms with Crippen molar-refractivity contribution in [3.8, 4) is 0 Å². The summed E-state index contributed by atoms with van der Waals surface area (Å²) >= 11 is 0. The lowest BCUT2D eigenvalue weighted by Crippen LogP contribution is -2.43. The number of anilines is 2. The fourth-order valence-corrected chi connectivity index (χ4v) is 6.05. The molecule has 1 aliphatic carbocycles. The van der Waals surface area contributed by atoms with E-state index >= 15 is 0 Å². The summed E-state index contributed by atoms with van der Waals surface area (Å²) in [5, 5.41) is 6.46. The number of rotatable bonds is 6. The summed E-state index contributed by atoms with van der Waals surface area (Å²) in [5.41, 5.74) is 1.73. The van der Waals surface area contributed by atoms with Crippen molar-refractivity contribution in [2.75, 3.05) is 17.2 Å². The molecule has 2 fully saturated rings. The standard InChI is InChI=1S/C23H29N3O3S/c27-23(22-12-7-17-26(22)30(28,29)21-10-5-2-6-11-21)25-20-15-13-19(14-16-20)24-18-8-3-1-4-9-18/h2,5-6,10-11,13-16,18,22,24H,1,3-4,7-9,12,17H2,(H,25,27). The molecule has 1 amide bonds. The molecule has 6 nitrogen and oxygen atoms in total. The summed E-state index contributed by atoms with van der Waals surface area (Å²) in [6.45, 7) is 0.361. The predicted octanol–water partition coefficient (Wildman–Crippen LogP) is 4.22. The third-order valence-corrected chi connectivity index (χ3v) is 7.91. The summed E-state index contributed by atoms with van der Waals surface area (Å²) in [4.78, 5) is 13.1. The molecular formula is C23H29N3O3S. The summed E-state index contributed by atoms with van der Waals surface area (Å²) in [6.07, 6.45) is 7.47. The van der Waals surface area contributed by atoms with E-state index in [-0.39, 0.29) is 10.8 Å². The first kappa shape index (κ1) is 20.9. The van der Waals surface area contributed by atoms with Gasteiger partial charge in [0.05, 0.1) is 4.90 Å². The average Bonchev–Trinajstić information content (AvgIpc) is 3.28. The zero-order valence-corrected chi connectivity index (χ0v) is 17.9. The predicted molar refractivity (Wildman–Crippen MR) is 119 cm³/mol. The van der Waals surface area contributed by atoms with Crippen LogP contribution in [-0.2, 0) is 14.8 Å². The number of hydrogen-bond acceptors (Lipinski definition) is 4. The van der Waals surface area contributed by atoms with Crippen molar-refractivity contribution in [2.24, 2.45) is 0 Å². The molecule has 1 atom stereocenters. The van der Waals surface area contributed by atoms with Crippen LogP contribution in [-0.4, -0.2) is 37.3 Å². The lowest BCUT2D eigenvalue weighted by atomic mass is 9.95. The normalized spacial score (nSPS) is 20.7. The molecule has 2 aromatic carbocycles. The second-order valence-electron chi connectivity index (χ2n) is 8.13. The maximum Gasteiger partial charge on any atom is 0.243 e. The van der Waals surface area contributed by atoms with Crippen LogP contribution < -0.4 is 10.6 Å². The van der Waals surface area contributed by atoms with Gasteiger partial charge in [-0.1, -0.05) is 37.5 Å². The Balaban J connectivity index is 1.40. The van der Waals surface area contributed by atoms with E-state index in [1.807, 2.05) is 24.3 Å². The number of carbonyl (C=O) groups excluding carboxylic acids is 1. The Bertz CT molecular complexity index is 955. The van der Waals surface area contributed by atoms with Crippen molar-refractivity contribution >= 4 is 27.3 Å². The van der Waals surface area contributed by atoms with Gasteiger partial charge in [-0.3, -0.25) is 4.79 Å². The molecule has 7 heteroatoms. The zero-order chi connectivity index (χ0) is 21.0. The topological polar surface area (TPSA) is 78.5 Å². The van der Waals surface area contributed by atoms with Crippen LogP contribution in [0.5, 0.6) is 0 Å². The van der Waals surface area contributed by atoms with E-state index in [0.717, 1.165) is 5.69 Å². The Hall–Kier alpha value is -2.38. The molecule has 0 aromatic heterocycles. The molecule has 2 N–H and O–H groups in total. The maximum absolute atomic E-state index is 13.0. The Labute approximate surface area is 178 Å². The van der Waals surface area contributed by atoms with Crippen LogP contribution in [0.4, 0.5) is 11.4 Å². The molecule has 30 heavy (non-hydrogen) atoms. The van der Waals surface area contributed by atoms with Crippen molar-refractivity contribution in [3.05, 3.63) is 54.6 Å². The lowest BCUT2D eigenvalue weighted by Gasteiger charge is -2.24. The summed E-state index contributed by atoms with van der Waals surface area (Å²) < 4.78 is 27.3. The number of nitrogens with one attached hydrogen (secondary N) is 2. The minimum atomic E-state index is -3.69. The van der Waals surface area contributed by atoms with Crippen LogP contribution in [0.3, 0.4) is 0 Å². The van der Waals surface area contributed by atoms with Gasteiger partial charge in [0.15, 0.2) is 0 Å². The zero-order valence-electron chi connectivity index (χ0n) is 17.1. The van der Waals surface area contributed by atoms with Crippen LogP contribution in [0.15, 0.2) is 59.5 Å². The second kappa shape index (κ2) is 9.18. The van der Waals surface area contributed by atoms with Crippen molar-refractivity contribution in [2.45, 2.75) is 61.9 Å². The molecule has 2 aliphatic rings. The number of carbonyl (C=O) groups is 1. The van der Waals surface area contributed by atoms with Gasteiger partial charge in [-0.25, -0.2) is 8.42 Å². The van der Waals surface area contributed by atoms with Gasteiger partial charge in [0, 0.05) is 24.0 Å². The first-order valence-electron chi connectivity index (χ1n) is 10.8. The summed E-state index contributed by atoms with van der Waals surface area (Å²) in [6, 6.07) is 15.8. The van der Waals surface area contributed by atoms with Crippen molar-refractivity contribution < 1.29 is 13.2 Å². The first-order valence-corrected chi connectivity index (χ1v) is 12.2. The maximum atomic E-state index is 13.0. The third-order valence-electron chi connectivity index (χ3n) is 5.98. The van der Waals surface area contributed by atoms with Gasteiger partial charge in [0.25, 0.3) is 0 Å². The number of sulfonamides is 1. The van der Waals surface area contributed by atoms with Crippen molar-refractivity contribution in [1.29, 1.82) is 0 Å². The fourth-order valence-electron chi connectivity index (χ4n) is 4.38. The Kier molecular flexibility index (Phi) is 6.39. The van der Waals surface area contributed by atoms with E-state index in [1.165, 1.54) is 36.4 Å². The van der Waals surface area contributed by atoms with Gasteiger partial charge in [-0.15, -0.1) is 0 Å². The molecule has 0 spiro atoms. The minimum absolute atomic E-state index is 0.225. The van der Waals surface area contributed by atoms with Crippen LogP contribution in [0.1, 0.15) is 44.9 Å². The molecule has 1 saturated heterocycles. The van der Waals surface area contributed by atoms with Gasteiger partial charge >= 0.3 is 0 Å². The monoisotopic (exact) mass is 427 g/mol. The van der Waals surface area contributed by atoms with E-state index in [9.17, 15) is 13.2 Å². The Morgan fingerprint density at radius 3 is 2.20 bits per heavy atom. The summed E-state index contributed by atoms with van der Waals surface area (Å²) in [7, 11) is -3.69. The molecule has 2 aromatic rings. The molecule has 4 rings (SSSR count). The lowest BCUT2D eigenvalue weighted by molar-refractivity contribution is -0.119. The molecule has 1 heterocycles. The van der Waals surface area contributed by atoms with E-state index in [4.69, 9.17) is 0 Å². The van der Waals surface area contributed by atoms with E-state index in [2.05, 4.69) is 10.6 Å². The van der Waals surface area contributed by atoms with E-state index < -0.39 is 16.1 Å². The summed E-state index contributed by atoms with van der Waals surface area (Å²) in [5.74, 6) is -0.278. The molecule has 1 unspecified atom stereocenters. The average molecular weight is 428 g/mol. The largest absolute Gasteiger partial charge is 0.382 e. The van der Waals surface area contributed by atoms with Gasteiger partial charge in [-0.05, 0) is 62.1 Å². The second-order valence-corrected chi connectivity index (χ2v) is 10.0. The van der Waals surface area contributed by atoms with Crippen molar-refractivity contribution in [3.63, 3.8) is 0 Å². The fraction of sp³-hybridized carbons (Fsp3) is 0.435. The van der Waals surface area contributed by atoms with Gasteiger partial charge < -0.3 is 10.6 Å². The minimum Gasteiger partial charge on any atom is -0.382 e. The Morgan fingerprint density at radius 1 is 0.833 bits per heavy atom. The van der Waals surface area contributed by atoms with Gasteiger partial charge in [0.2, 0.25) is 15.9 Å². The van der Waals surface area contributed by atoms with Gasteiger partial charge in [0.1, 0.15) is 6.04 Å². The number of amides is 1. The quantitative estimate of drug-likeness (QED) is 0.723. The molecule has 1 aliphatic heterocycles. The number of nitrogens with zero attached hydrogens (tertiary/aromatic N) is 1. The van der Waals surface area contributed by atoms with E-state index in [0.29, 0.717) is 31.1 Å². The SMILES string of the molecule is O=C(Nc1ccc(NC2CCCCC2)cc1)C1CCCN1S(=O)(=O)c1ccccc1. The molecule has 1 saturated carbocycles. The highest BCUT2D eigenvalue weighted by molar-refractivity contribution is 7.89. The number of benzene rings is 2. The first-order chi connectivity index (χ1) is 14.5. The third kappa shape index (κ3) is 4.68. The highest BCUT2D eigenvalue weighted by Crippen LogP contribution is 2.27. The highest BCUT2D eigenvalue weighted by atomic mass is 32.2. The molecule has 0 radical (unpaired) electrons. The van der Waals surface area contributed by atoms with Crippen LogP contribution in [0.2, 0.25) is 0 Å². The van der Waals surface area contributed by atoms with Gasteiger partial charge in [-0.2, -0.15) is 4.31 Å². The molecular weight excluding hydrogens is 398 g/mol. The van der Waals surface area contributed by atoms with Crippen molar-refractivity contribution in [1.82, 2.24) is 4.31 Å². The smallest absolute Gasteiger partial charge is 0.243 e. The van der Waals surface area contributed by atoms with Crippen LogP contribution in [0, 0.1) is 0 Å². The molecule has 160 valence electrons.